The monoisotopic (exact) mass is 405 g/mol. The molecule has 3 heterocycles. The van der Waals surface area contributed by atoms with Gasteiger partial charge in [0, 0.05) is 41.0 Å². The number of hydrogen-bond donors (Lipinski definition) is 1. The Morgan fingerprint density at radius 3 is 2.93 bits per heavy atom. The highest BCUT2D eigenvalue weighted by Crippen LogP contribution is 2.38. The quantitative estimate of drug-likeness (QED) is 0.556. The van der Waals surface area contributed by atoms with Crippen LogP contribution < -0.4 is 0 Å². The third-order valence-electron chi connectivity index (χ3n) is 5.94. The first-order valence-electron chi connectivity index (χ1n) is 10.0. The van der Waals surface area contributed by atoms with Gasteiger partial charge in [-0.2, -0.15) is 10.1 Å². The molecule has 0 bridgehead atoms. The van der Waals surface area contributed by atoms with Gasteiger partial charge >= 0.3 is 5.97 Å². The first-order chi connectivity index (χ1) is 14.3. The number of aromatic nitrogens is 5. The van der Waals surface area contributed by atoms with Crippen LogP contribution in [-0.2, 0) is 31.2 Å². The average Bonchev–Trinajstić information content (AvgIpc) is 3.39. The van der Waals surface area contributed by atoms with Crippen molar-refractivity contribution in [3.05, 3.63) is 41.7 Å². The molecule has 0 spiro atoms. The van der Waals surface area contributed by atoms with Gasteiger partial charge in [0.25, 0.3) is 5.89 Å². The van der Waals surface area contributed by atoms with Crippen molar-refractivity contribution in [3.63, 3.8) is 0 Å². The molecule has 0 saturated carbocycles. The highest BCUT2D eigenvalue weighted by molar-refractivity contribution is 5.85. The summed E-state index contributed by atoms with van der Waals surface area (Å²) in [5.41, 5.74) is 5.15. The zero-order valence-electron chi connectivity index (χ0n) is 17.2. The maximum Gasteiger partial charge on any atom is 0.323 e. The van der Waals surface area contributed by atoms with Gasteiger partial charge in [0.15, 0.2) is 5.69 Å². The molecule has 1 aromatic carbocycles. The molecule has 8 nitrogen and oxygen atoms in total. The minimum atomic E-state index is -0.874. The topological polar surface area (TPSA) is 99.0 Å². The first kappa shape index (κ1) is 18.6. The van der Waals surface area contributed by atoms with Crippen molar-refractivity contribution < 1.29 is 14.4 Å². The Morgan fingerprint density at radius 2 is 2.13 bits per heavy atom. The van der Waals surface area contributed by atoms with Gasteiger partial charge in [0.1, 0.15) is 6.54 Å². The van der Waals surface area contributed by atoms with Gasteiger partial charge in [-0.1, -0.05) is 19.0 Å². The summed E-state index contributed by atoms with van der Waals surface area (Å²) >= 11 is 0. The second-order valence-corrected chi connectivity index (χ2v) is 8.77. The summed E-state index contributed by atoms with van der Waals surface area (Å²) in [7, 11) is 1.97. The molecule has 0 fully saturated rings. The zero-order chi connectivity index (χ0) is 21.0. The van der Waals surface area contributed by atoms with Crippen LogP contribution in [0.3, 0.4) is 0 Å². The third kappa shape index (κ3) is 3.08. The molecule has 1 aliphatic carbocycles. The highest BCUT2D eigenvalue weighted by Gasteiger charge is 2.32. The number of hydrogen-bond acceptors (Lipinski definition) is 5. The van der Waals surface area contributed by atoms with E-state index < -0.39 is 5.97 Å². The van der Waals surface area contributed by atoms with Gasteiger partial charge in [-0.25, -0.2) is 0 Å². The van der Waals surface area contributed by atoms with E-state index in [4.69, 9.17) is 9.63 Å². The maximum atomic E-state index is 11.0. The lowest BCUT2D eigenvalue weighted by Gasteiger charge is -2.29. The van der Waals surface area contributed by atoms with Gasteiger partial charge in [0.05, 0.1) is 0 Å². The second-order valence-electron chi connectivity index (χ2n) is 8.77. The van der Waals surface area contributed by atoms with Crippen molar-refractivity contribution in [2.75, 3.05) is 0 Å². The van der Waals surface area contributed by atoms with E-state index in [2.05, 4.69) is 29.1 Å². The van der Waals surface area contributed by atoms with Crippen LogP contribution in [0, 0.1) is 5.41 Å². The number of nitrogens with zero attached hydrogens (tertiary/aromatic N) is 5. The summed E-state index contributed by atoms with van der Waals surface area (Å²) in [4.78, 5) is 15.6. The number of fused-ring (bicyclic) bond motifs is 2. The number of carboxylic acids is 1. The van der Waals surface area contributed by atoms with Crippen LogP contribution in [0.5, 0.6) is 0 Å². The molecular weight excluding hydrogens is 382 g/mol. The molecule has 8 heteroatoms. The minimum absolute atomic E-state index is 0.0726. The number of carboxylic acid groups (broad SMARTS) is 1. The third-order valence-corrected chi connectivity index (χ3v) is 5.94. The van der Waals surface area contributed by atoms with E-state index in [9.17, 15) is 4.79 Å². The Labute approximate surface area is 173 Å². The SMILES string of the molecule is Cn1nc(-c2nc(-c3ccc4c(ccn4CC(=O)O)c3)no2)c2c1CC(C)(C)CC2. The Kier molecular flexibility index (Phi) is 4.06. The van der Waals surface area contributed by atoms with Crippen molar-refractivity contribution in [1.82, 2.24) is 24.5 Å². The number of aliphatic carboxylic acids is 1. The molecule has 1 N–H and O–H groups in total. The van der Waals surface area contributed by atoms with E-state index in [0.717, 1.165) is 41.4 Å². The van der Waals surface area contributed by atoms with Crippen molar-refractivity contribution in [2.45, 2.75) is 39.7 Å². The van der Waals surface area contributed by atoms with Crippen molar-refractivity contribution in [1.29, 1.82) is 0 Å². The zero-order valence-corrected chi connectivity index (χ0v) is 17.2. The van der Waals surface area contributed by atoms with Crippen LogP contribution in [-0.4, -0.2) is 35.6 Å². The smallest absolute Gasteiger partial charge is 0.323 e. The Hall–Kier alpha value is -3.42. The van der Waals surface area contributed by atoms with Gasteiger partial charge in [-0.3, -0.25) is 9.48 Å². The first-order valence-corrected chi connectivity index (χ1v) is 10.0. The summed E-state index contributed by atoms with van der Waals surface area (Å²) < 4.78 is 9.22. The lowest BCUT2D eigenvalue weighted by molar-refractivity contribution is -0.137. The minimum Gasteiger partial charge on any atom is -0.480 e. The second kappa shape index (κ2) is 6.55. The van der Waals surface area contributed by atoms with Gasteiger partial charge < -0.3 is 14.2 Å². The maximum absolute atomic E-state index is 11.0. The number of aryl methyl sites for hydroxylation is 1. The van der Waals surface area contributed by atoms with E-state index in [0.29, 0.717) is 11.7 Å². The van der Waals surface area contributed by atoms with E-state index in [1.54, 1.807) is 10.8 Å². The van der Waals surface area contributed by atoms with E-state index in [-0.39, 0.29) is 12.0 Å². The normalized spacial score (nSPS) is 15.4. The molecule has 1 aliphatic rings. The number of benzene rings is 1. The Bertz CT molecular complexity index is 1280. The molecule has 0 unspecified atom stereocenters. The van der Waals surface area contributed by atoms with Gasteiger partial charge in [-0.05, 0) is 48.9 Å². The Balaban J connectivity index is 1.49. The molecule has 30 heavy (non-hydrogen) atoms. The van der Waals surface area contributed by atoms with Crippen LogP contribution in [0.4, 0.5) is 0 Å². The fourth-order valence-electron chi connectivity index (χ4n) is 4.32. The molecule has 0 amide bonds. The van der Waals surface area contributed by atoms with E-state index in [1.165, 1.54) is 11.3 Å². The van der Waals surface area contributed by atoms with Crippen LogP contribution in [0.2, 0.25) is 0 Å². The van der Waals surface area contributed by atoms with Crippen molar-refractivity contribution >= 4 is 16.9 Å². The lowest BCUT2D eigenvalue weighted by Crippen LogP contribution is -2.23. The summed E-state index contributed by atoms with van der Waals surface area (Å²) in [5.74, 6) is 0.0556. The standard InChI is InChI=1S/C22H23N5O3/c1-22(2)8-6-15-17(11-22)26(3)24-19(15)21-23-20(25-30-21)14-4-5-16-13(10-14)7-9-27(16)12-18(28)29/h4-5,7,9-10H,6,8,11-12H2,1-3H3,(H,28,29). The summed E-state index contributed by atoms with van der Waals surface area (Å²) in [6.07, 6.45) is 4.80. The molecule has 0 radical (unpaired) electrons. The van der Waals surface area contributed by atoms with Crippen molar-refractivity contribution in [2.24, 2.45) is 12.5 Å². The Morgan fingerprint density at radius 1 is 1.30 bits per heavy atom. The lowest BCUT2D eigenvalue weighted by atomic mass is 9.76. The van der Waals surface area contributed by atoms with Gasteiger partial charge in [-0.15, -0.1) is 0 Å². The average molecular weight is 405 g/mol. The molecule has 3 aromatic heterocycles. The molecule has 4 aromatic rings. The number of carbonyl (C=O) groups is 1. The van der Waals surface area contributed by atoms with Crippen LogP contribution in [0.25, 0.3) is 33.9 Å². The molecule has 5 rings (SSSR count). The van der Waals surface area contributed by atoms with Gasteiger partial charge in [0.2, 0.25) is 5.82 Å². The predicted molar refractivity (Wildman–Crippen MR) is 111 cm³/mol. The summed E-state index contributed by atoms with van der Waals surface area (Å²) in [5, 5.41) is 18.8. The molecule has 154 valence electrons. The van der Waals surface area contributed by atoms with E-state index >= 15 is 0 Å². The molecule has 0 aliphatic heterocycles. The van der Waals surface area contributed by atoms with E-state index in [1.807, 2.05) is 36.0 Å². The van der Waals surface area contributed by atoms with Crippen LogP contribution in [0.1, 0.15) is 31.5 Å². The summed E-state index contributed by atoms with van der Waals surface area (Å²) in [6.45, 7) is 4.50. The molecule has 0 saturated heterocycles. The van der Waals surface area contributed by atoms with Crippen LogP contribution in [0.15, 0.2) is 35.0 Å². The largest absolute Gasteiger partial charge is 0.480 e. The predicted octanol–water partition coefficient (Wildman–Crippen LogP) is 3.69. The highest BCUT2D eigenvalue weighted by atomic mass is 16.5. The van der Waals surface area contributed by atoms with Crippen LogP contribution >= 0.6 is 0 Å². The molecule has 0 atom stereocenters. The van der Waals surface area contributed by atoms with Crippen molar-refractivity contribution in [3.8, 4) is 23.0 Å². The fraction of sp³-hybridized carbons (Fsp3) is 0.364. The number of rotatable bonds is 4. The summed E-state index contributed by atoms with van der Waals surface area (Å²) in [6, 6.07) is 7.60. The molecular formula is C22H23N5O3. The fourth-order valence-corrected chi connectivity index (χ4v) is 4.32.